The summed E-state index contributed by atoms with van der Waals surface area (Å²) < 4.78 is 0. The first-order chi connectivity index (χ1) is 10.3. The Hall–Kier alpha value is -1.85. The Bertz CT molecular complexity index is 597. The number of carbonyl (C=O) groups is 1. The summed E-state index contributed by atoms with van der Waals surface area (Å²) in [6.45, 7) is 0.594. The van der Waals surface area contributed by atoms with Crippen LogP contribution in [0.5, 0.6) is 0 Å². The van der Waals surface area contributed by atoms with E-state index >= 15 is 0 Å². The number of aromatic amines is 1. The minimum Gasteiger partial charge on any atom is -0.330 e. The second-order valence-electron chi connectivity index (χ2n) is 5.57. The molecule has 118 valence electrons. The molecule has 1 heterocycles. The van der Waals surface area contributed by atoms with Crippen LogP contribution in [0.25, 0.3) is 11.3 Å². The fourth-order valence-corrected chi connectivity index (χ4v) is 3.05. The lowest BCUT2D eigenvalue weighted by molar-refractivity contribution is -0.120. The van der Waals surface area contributed by atoms with Gasteiger partial charge >= 0.3 is 0 Å². The highest BCUT2D eigenvalue weighted by Crippen LogP contribution is 2.32. The van der Waals surface area contributed by atoms with Crippen LogP contribution in [0.1, 0.15) is 19.3 Å². The summed E-state index contributed by atoms with van der Waals surface area (Å²) in [5.41, 5.74) is 8.58. The highest BCUT2D eigenvalue weighted by Gasteiger charge is 2.31. The molecular formula is C16H21ClN4O. The number of nitrogens with one attached hydrogen (secondary N) is 2. The van der Waals surface area contributed by atoms with E-state index in [-0.39, 0.29) is 24.2 Å². The van der Waals surface area contributed by atoms with Crippen LogP contribution in [-0.2, 0) is 4.79 Å². The van der Waals surface area contributed by atoms with Crippen LogP contribution < -0.4 is 11.1 Å². The Balaban J connectivity index is 0.00000176. The van der Waals surface area contributed by atoms with Crippen LogP contribution in [0.2, 0.25) is 0 Å². The average molecular weight is 321 g/mol. The molecule has 0 radical (unpaired) electrons. The highest BCUT2D eigenvalue weighted by atomic mass is 35.5. The third-order valence-corrected chi connectivity index (χ3v) is 4.26. The monoisotopic (exact) mass is 320 g/mol. The first-order valence-electron chi connectivity index (χ1n) is 7.38. The van der Waals surface area contributed by atoms with Crippen molar-refractivity contribution in [3.05, 3.63) is 36.5 Å². The van der Waals surface area contributed by atoms with E-state index in [0.29, 0.717) is 12.5 Å². The summed E-state index contributed by atoms with van der Waals surface area (Å²) in [5.74, 6) is 0.480. The summed E-state index contributed by atoms with van der Waals surface area (Å²) >= 11 is 0. The molecule has 2 aromatic rings. The molecule has 1 aliphatic rings. The number of amides is 1. The first-order valence-corrected chi connectivity index (χ1v) is 7.38. The topological polar surface area (TPSA) is 83.8 Å². The second kappa shape index (κ2) is 7.42. The Morgan fingerprint density at radius 3 is 2.68 bits per heavy atom. The standard InChI is InChI=1S/C16H20N4O.ClH/c17-10-12-2-1-3-14(12)16(21)19-13-6-4-11(5-7-13)15-8-9-18-20-15;/h4-9,12,14H,1-3,10,17H2,(H,18,20)(H,19,21);1H/t12-,14-;/m1./s1. The number of nitrogens with two attached hydrogens (primary N) is 1. The van der Waals surface area contributed by atoms with Gasteiger partial charge in [0.25, 0.3) is 0 Å². The zero-order valence-corrected chi connectivity index (χ0v) is 13.1. The largest absolute Gasteiger partial charge is 0.330 e. The van der Waals surface area contributed by atoms with Crippen molar-refractivity contribution < 1.29 is 4.79 Å². The van der Waals surface area contributed by atoms with Crippen molar-refractivity contribution in [2.45, 2.75) is 19.3 Å². The molecule has 1 fully saturated rings. The maximum atomic E-state index is 12.3. The van der Waals surface area contributed by atoms with Crippen LogP contribution >= 0.6 is 12.4 Å². The van der Waals surface area contributed by atoms with E-state index in [2.05, 4.69) is 15.5 Å². The van der Waals surface area contributed by atoms with Gasteiger partial charge in [-0.25, -0.2) is 0 Å². The lowest BCUT2D eigenvalue weighted by Crippen LogP contribution is -2.29. The van der Waals surface area contributed by atoms with Crippen molar-refractivity contribution in [1.29, 1.82) is 0 Å². The van der Waals surface area contributed by atoms with Gasteiger partial charge in [-0.2, -0.15) is 5.10 Å². The van der Waals surface area contributed by atoms with Gasteiger partial charge in [0.1, 0.15) is 0 Å². The number of rotatable bonds is 4. The van der Waals surface area contributed by atoms with Gasteiger partial charge in [-0.05, 0) is 49.1 Å². The second-order valence-corrected chi connectivity index (χ2v) is 5.57. The number of hydrogen-bond acceptors (Lipinski definition) is 3. The van der Waals surface area contributed by atoms with Crippen molar-refractivity contribution in [3.8, 4) is 11.3 Å². The SMILES string of the molecule is Cl.NC[C@H]1CCC[C@H]1C(=O)Nc1ccc(-c2ccn[nH]2)cc1. The molecule has 0 aliphatic heterocycles. The number of halogens is 1. The maximum Gasteiger partial charge on any atom is 0.227 e. The van der Waals surface area contributed by atoms with Crippen molar-refractivity contribution >= 4 is 24.0 Å². The van der Waals surface area contributed by atoms with Crippen molar-refractivity contribution in [1.82, 2.24) is 10.2 Å². The third kappa shape index (κ3) is 3.48. The van der Waals surface area contributed by atoms with Gasteiger partial charge in [0.2, 0.25) is 5.91 Å². The van der Waals surface area contributed by atoms with Gasteiger partial charge < -0.3 is 11.1 Å². The zero-order valence-electron chi connectivity index (χ0n) is 12.3. The molecule has 1 aliphatic carbocycles. The van der Waals surface area contributed by atoms with Crippen molar-refractivity contribution in [2.75, 3.05) is 11.9 Å². The Morgan fingerprint density at radius 2 is 2.05 bits per heavy atom. The average Bonchev–Trinajstić information content (AvgIpc) is 3.19. The molecule has 6 heteroatoms. The lowest BCUT2D eigenvalue weighted by Gasteiger charge is -2.17. The molecule has 1 aromatic heterocycles. The molecule has 1 amide bonds. The Labute approximate surface area is 136 Å². The predicted octanol–water partition coefficient (Wildman–Crippen LogP) is 2.81. The number of anilines is 1. The molecule has 4 N–H and O–H groups in total. The van der Waals surface area contributed by atoms with E-state index in [1.54, 1.807) is 6.20 Å². The molecule has 0 saturated heterocycles. The van der Waals surface area contributed by atoms with E-state index in [9.17, 15) is 4.79 Å². The molecule has 1 saturated carbocycles. The molecule has 0 unspecified atom stereocenters. The van der Waals surface area contributed by atoms with Gasteiger partial charge in [0.05, 0.1) is 5.69 Å². The lowest BCUT2D eigenvalue weighted by atomic mass is 9.95. The normalized spacial score (nSPS) is 20.4. The van der Waals surface area contributed by atoms with Crippen molar-refractivity contribution in [3.63, 3.8) is 0 Å². The van der Waals surface area contributed by atoms with Crippen molar-refractivity contribution in [2.24, 2.45) is 17.6 Å². The minimum absolute atomic E-state index is 0. The van der Waals surface area contributed by atoms with Gasteiger partial charge in [-0.1, -0.05) is 18.6 Å². The maximum absolute atomic E-state index is 12.3. The smallest absolute Gasteiger partial charge is 0.227 e. The van der Waals surface area contributed by atoms with Crippen LogP contribution in [0, 0.1) is 11.8 Å². The predicted molar refractivity (Wildman–Crippen MR) is 89.8 cm³/mol. The molecule has 3 rings (SSSR count). The van der Waals surface area contributed by atoms with Gasteiger partial charge in [0.15, 0.2) is 0 Å². The third-order valence-electron chi connectivity index (χ3n) is 4.26. The number of H-pyrrole nitrogens is 1. The molecule has 1 aromatic carbocycles. The van der Waals surface area contributed by atoms with Gasteiger partial charge in [-0.3, -0.25) is 9.89 Å². The summed E-state index contributed by atoms with van der Waals surface area (Å²) in [7, 11) is 0. The minimum atomic E-state index is 0. The number of hydrogen-bond donors (Lipinski definition) is 3. The van der Waals surface area contributed by atoms with E-state index in [1.165, 1.54) is 0 Å². The van der Waals surface area contributed by atoms with Gasteiger partial charge in [0, 0.05) is 17.8 Å². The summed E-state index contributed by atoms with van der Waals surface area (Å²) in [4.78, 5) is 12.3. The van der Waals surface area contributed by atoms with Crippen LogP contribution in [-0.4, -0.2) is 22.6 Å². The molecule has 2 atom stereocenters. The zero-order chi connectivity index (χ0) is 14.7. The fourth-order valence-electron chi connectivity index (χ4n) is 3.05. The van der Waals surface area contributed by atoms with E-state index in [0.717, 1.165) is 36.2 Å². The van der Waals surface area contributed by atoms with Crippen LogP contribution in [0.4, 0.5) is 5.69 Å². The van der Waals surface area contributed by atoms with Crippen LogP contribution in [0.3, 0.4) is 0 Å². The molecule has 5 nitrogen and oxygen atoms in total. The van der Waals surface area contributed by atoms with E-state index in [1.807, 2.05) is 30.3 Å². The Morgan fingerprint density at radius 1 is 1.27 bits per heavy atom. The number of carbonyl (C=O) groups excluding carboxylic acids is 1. The highest BCUT2D eigenvalue weighted by molar-refractivity contribution is 5.93. The molecule has 0 spiro atoms. The van der Waals surface area contributed by atoms with Gasteiger partial charge in [-0.15, -0.1) is 12.4 Å². The Kier molecular flexibility index (Phi) is 5.57. The number of aromatic nitrogens is 2. The number of benzene rings is 1. The molecule has 22 heavy (non-hydrogen) atoms. The molecular weight excluding hydrogens is 300 g/mol. The van der Waals surface area contributed by atoms with Crippen LogP contribution in [0.15, 0.2) is 36.5 Å². The quantitative estimate of drug-likeness (QED) is 0.810. The number of nitrogens with zero attached hydrogens (tertiary/aromatic N) is 1. The van der Waals surface area contributed by atoms with E-state index in [4.69, 9.17) is 5.73 Å². The first kappa shape index (κ1) is 16.5. The molecule has 0 bridgehead atoms. The summed E-state index contributed by atoms with van der Waals surface area (Å²) in [6, 6.07) is 9.69. The fraction of sp³-hybridized carbons (Fsp3) is 0.375. The summed E-state index contributed by atoms with van der Waals surface area (Å²) in [5, 5.41) is 9.85. The summed E-state index contributed by atoms with van der Waals surface area (Å²) in [6.07, 6.45) is 4.82. The van der Waals surface area contributed by atoms with E-state index < -0.39 is 0 Å².